The lowest BCUT2D eigenvalue weighted by Crippen LogP contribution is -2.00. The van der Waals surface area contributed by atoms with E-state index in [0.717, 1.165) is 6.42 Å². The number of hydrogen-bond acceptors (Lipinski definition) is 0. The second kappa shape index (κ2) is 6.50. The highest BCUT2D eigenvalue weighted by Gasteiger charge is 2.22. The molecule has 0 fully saturated rings. The molecule has 0 aromatic rings. The number of unbranched alkanes of at least 4 members (excludes halogenated alkanes) is 2. The van der Waals surface area contributed by atoms with Gasteiger partial charge in [0, 0.05) is 27.0 Å². The van der Waals surface area contributed by atoms with Crippen LogP contribution in [0.1, 0.15) is 32.6 Å². The average Bonchev–Trinajstić information content (AvgIpc) is 2.01. The summed E-state index contributed by atoms with van der Waals surface area (Å²) in [6.45, 7) is 7.18. The fourth-order valence-electron chi connectivity index (χ4n) is 1.31. The molecule has 0 aromatic carbocycles. The van der Waals surface area contributed by atoms with Crippen molar-refractivity contribution in [2.45, 2.75) is 32.6 Å². The van der Waals surface area contributed by atoms with E-state index in [-0.39, 0.29) is 0 Å². The fourth-order valence-corrected chi connectivity index (χ4v) is 3.72. The second-order valence-corrected chi connectivity index (χ2v) is 8.81. The van der Waals surface area contributed by atoms with Gasteiger partial charge in [-0.25, -0.2) is 0 Å². The predicted octanol–water partition coefficient (Wildman–Crippen LogP) is 3.48. The summed E-state index contributed by atoms with van der Waals surface area (Å²) in [6.07, 6.45) is 13.0. The molecule has 0 spiro atoms. The maximum Gasteiger partial charge on any atom is 0.0598 e. The van der Waals surface area contributed by atoms with Crippen LogP contribution in [0.5, 0.6) is 0 Å². The van der Waals surface area contributed by atoms with Crippen molar-refractivity contribution in [3.63, 3.8) is 0 Å². The minimum atomic E-state index is -0.584. The van der Waals surface area contributed by atoms with Crippen molar-refractivity contribution in [2.24, 2.45) is 0 Å². The van der Waals surface area contributed by atoms with Gasteiger partial charge in [0.05, 0.1) is 12.3 Å². The molecular weight excluding hydrogens is 163 g/mol. The lowest BCUT2D eigenvalue weighted by atomic mass is 10.4. The van der Waals surface area contributed by atoms with E-state index in [1.807, 2.05) is 0 Å². The van der Waals surface area contributed by atoms with E-state index < -0.39 is 7.26 Å². The summed E-state index contributed by atoms with van der Waals surface area (Å²) in [7, 11) is -0.584. The molecule has 0 nitrogen and oxygen atoms in total. The first-order valence-corrected chi connectivity index (χ1v) is 7.93. The van der Waals surface area contributed by atoms with Crippen molar-refractivity contribution >= 4 is 7.26 Å². The third-order valence-electron chi connectivity index (χ3n) is 2.20. The fraction of sp³-hybridized carbons (Fsp3) is 0.818. The Hall–Kier alpha value is -0.0100. The summed E-state index contributed by atoms with van der Waals surface area (Å²) >= 11 is 0. The van der Waals surface area contributed by atoms with E-state index in [4.69, 9.17) is 6.42 Å². The molecule has 0 bridgehead atoms. The van der Waals surface area contributed by atoms with Gasteiger partial charge in [-0.15, -0.1) is 12.3 Å². The minimum absolute atomic E-state index is 0.584. The van der Waals surface area contributed by atoms with Gasteiger partial charge in [0.25, 0.3) is 0 Å². The third-order valence-corrected chi connectivity index (χ3v) is 5.26. The highest BCUT2D eigenvalue weighted by atomic mass is 31.2. The predicted molar refractivity (Wildman–Crippen MR) is 61.5 cm³/mol. The molecule has 0 aliphatic rings. The monoisotopic (exact) mass is 185 g/mol. The largest absolute Gasteiger partial charge is 0.120 e. The molecule has 0 radical (unpaired) electrons. The van der Waals surface area contributed by atoms with Gasteiger partial charge in [0.15, 0.2) is 0 Å². The SMILES string of the molecule is C#CCCC[P+](C)(C)CCCC. The van der Waals surface area contributed by atoms with Crippen LogP contribution in [0.15, 0.2) is 0 Å². The van der Waals surface area contributed by atoms with Gasteiger partial charge in [-0.05, 0) is 12.8 Å². The van der Waals surface area contributed by atoms with Crippen LogP contribution in [0.3, 0.4) is 0 Å². The van der Waals surface area contributed by atoms with Gasteiger partial charge in [0.1, 0.15) is 0 Å². The number of hydrogen-bond donors (Lipinski definition) is 0. The molecule has 0 heterocycles. The Morgan fingerprint density at radius 1 is 1.17 bits per heavy atom. The lowest BCUT2D eigenvalue weighted by Gasteiger charge is -2.16. The molecule has 0 saturated carbocycles. The Morgan fingerprint density at radius 2 is 1.75 bits per heavy atom. The van der Waals surface area contributed by atoms with Gasteiger partial charge in [-0.3, -0.25) is 0 Å². The highest BCUT2D eigenvalue weighted by molar-refractivity contribution is 7.74. The van der Waals surface area contributed by atoms with Crippen LogP contribution in [0.4, 0.5) is 0 Å². The Bertz CT molecular complexity index is 142. The van der Waals surface area contributed by atoms with Gasteiger partial charge in [-0.1, -0.05) is 13.3 Å². The molecule has 12 heavy (non-hydrogen) atoms. The van der Waals surface area contributed by atoms with E-state index in [0.29, 0.717) is 0 Å². The summed E-state index contributed by atoms with van der Waals surface area (Å²) in [5.41, 5.74) is 0. The Labute approximate surface area is 78.5 Å². The summed E-state index contributed by atoms with van der Waals surface area (Å²) < 4.78 is 0. The van der Waals surface area contributed by atoms with Crippen molar-refractivity contribution in [2.75, 3.05) is 25.7 Å². The van der Waals surface area contributed by atoms with Crippen LogP contribution in [0.25, 0.3) is 0 Å². The molecule has 0 rings (SSSR count). The summed E-state index contributed by atoms with van der Waals surface area (Å²) in [6, 6.07) is 0. The maximum atomic E-state index is 5.22. The number of terminal acetylenes is 1. The van der Waals surface area contributed by atoms with E-state index in [1.165, 1.54) is 31.6 Å². The van der Waals surface area contributed by atoms with Crippen LogP contribution in [0, 0.1) is 12.3 Å². The second-order valence-electron chi connectivity index (χ2n) is 4.04. The first-order chi connectivity index (χ1) is 5.62. The molecule has 0 unspecified atom stereocenters. The molecule has 70 valence electrons. The zero-order valence-corrected chi connectivity index (χ0v) is 9.66. The Kier molecular flexibility index (Phi) is 6.49. The Balaban J connectivity index is 3.50. The van der Waals surface area contributed by atoms with Crippen LogP contribution in [-0.2, 0) is 0 Å². The van der Waals surface area contributed by atoms with Crippen LogP contribution in [-0.4, -0.2) is 25.7 Å². The van der Waals surface area contributed by atoms with E-state index in [1.54, 1.807) is 0 Å². The summed E-state index contributed by atoms with van der Waals surface area (Å²) in [5.74, 6) is 2.71. The molecule has 0 aromatic heterocycles. The smallest absolute Gasteiger partial charge is 0.0598 e. The third kappa shape index (κ3) is 6.68. The van der Waals surface area contributed by atoms with Crippen LogP contribution >= 0.6 is 7.26 Å². The molecule has 0 N–H and O–H groups in total. The normalized spacial score (nSPS) is 11.2. The number of rotatable bonds is 6. The van der Waals surface area contributed by atoms with Crippen LogP contribution < -0.4 is 0 Å². The van der Waals surface area contributed by atoms with Gasteiger partial charge >= 0.3 is 0 Å². The van der Waals surface area contributed by atoms with Crippen molar-refractivity contribution in [1.82, 2.24) is 0 Å². The average molecular weight is 185 g/mol. The van der Waals surface area contributed by atoms with E-state index in [2.05, 4.69) is 26.2 Å². The first kappa shape index (κ1) is 12.0. The highest BCUT2D eigenvalue weighted by Crippen LogP contribution is 2.52. The molecule has 1 heteroatoms. The molecular formula is C11H22P+. The zero-order valence-electron chi connectivity index (χ0n) is 8.77. The molecule has 0 saturated heterocycles. The van der Waals surface area contributed by atoms with Crippen LogP contribution in [0.2, 0.25) is 0 Å². The van der Waals surface area contributed by atoms with Crippen molar-refractivity contribution in [1.29, 1.82) is 0 Å². The lowest BCUT2D eigenvalue weighted by molar-refractivity contribution is 0.881. The Morgan fingerprint density at radius 3 is 2.25 bits per heavy atom. The van der Waals surface area contributed by atoms with Crippen molar-refractivity contribution < 1.29 is 0 Å². The quantitative estimate of drug-likeness (QED) is 0.337. The first-order valence-electron chi connectivity index (χ1n) is 4.88. The van der Waals surface area contributed by atoms with E-state index >= 15 is 0 Å². The topological polar surface area (TPSA) is 0 Å². The van der Waals surface area contributed by atoms with Crippen molar-refractivity contribution in [3.05, 3.63) is 0 Å². The van der Waals surface area contributed by atoms with E-state index in [9.17, 15) is 0 Å². The molecule has 0 aliphatic carbocycles. The molecule has 0 atom stereocenters. The summed E-state index contributed by atoms with van der Waals surface area (Å²) in [4.78, 5) is 0. The molecule has 0 aliphatic heterocycles. The zero-order chi connectivity index (χ0) is 9.45. The van der Waals surface area contributed by atoms with Gasteiger partial charge < -0.3 is 0 Å². The maximum absolute atomic E-state index is 5.22. The van der Waals surface area contributed by atoms with Gasteiger partial charge in [0.2, 0.25) is 0 Å². The standard InChI is InChI=1S/C11H22P/c1-5-7-9-11-12(3,4)10-8-6-2/h1H,6-11H2,2-4H3/q+1. The minimum Gasteiger partial charge on any atom is -0.120 e. The summed E-state index contributed by atoms with van der Waals surface area (Å²) in [5, 5.41) is 0. The molecule has 0 amide bonds. The van der Waals surface area contributed by atoms with Gasteiger partial charge in [-0.2, -0.15) is 0 Å². The van der Waals surface area contributed by atoms with Crippen molar-refractivity contribution in [3.8, 4) is 12.3 Å².